The van der Waals surface area contributed by atoms with Gasteiger partial charge in [-0.1, -0.05) is 17.7 Å². The fourth-order valence-corrected chi connectivity index (χ4v) is 2.95. The minimum atomic E-state index is -3.96. The molecule has 0 aliphatic heterocycles. The predicted octanol–water partition coefficient (Wildman–Crippen LogP) is 1.78. The SMILES string of the molecule is Cc1ccc(S(=O)(=O)OCc2cc(C)c(C)cc2[N+](=O)[O-])cc1.O.O. The van der Waals surface area contributed by atoms with Crippen molar-refractivity contribution in [1.29, 1.82) is 0 Å². The van der Waals surface area contributed by atoms with Gasteiger partial charge in [-0.15, -0.1) is 0 Å². The topological polar surface area (TPSA) is 150 Å². The molecule has 0 unspecified atom stereocenters. The third-order valence-corrected chi connectivity index (χ3v) is 4.85. The Balaban J connectivity index is 0.00000288. The lowest BCUT2D eigenvalue weighted by molar-refractivity contribution is -0.385. The minimum Gasteiger partial charge on any atom is -0.412 e. The first-order valence-corrected chi connectivity index (χ1v) is 8.32. The molecule has 0 aromatic heterocycles. The summed E-state index contributed by atoms with van der Waals surface area (Å²) in [6.45, 7) is 5.02. The lowest BCUT2D eigenvalue weighted by Crippen LogP contribution is -2.08. The van der Waals surface area contributed by atoms with Crippen molar-refractivity contribution in [3.8, 4) is 0 Å². The zero-order chi connectivity index (χ0) is 17.2. The van der Waals surface area contributed by atoms with Crippen molar-refractivity contribution in [2.24, 2.45) is 0 Å². The van der Waals surface area contributed by atoms with Crippen molar-refractivity contribution in [3.63, 3.8) is 0 Å². The van der Waals surface area contributed by atoms with Crippen LogP contribution in [0.3, 0.4) is 0 Å². The molecule has 0 atom stereocenters. The number of nitro groups is 1. The number of hydrogen-bond donors (Lipinski definition) is 0. The first kappa shape index (κ1) is 22.7. The highest BCUT2D eigenvalue weighted by Crippen LogP contribution is 2.25. The second kappa shape index (κ2) is 8.67. The van der Waals surface area contributed by atoms with Gasteiger partial charge in [-0.05, 0) is 50.1 Å². The van der Waals surface area contributed by atoms with Gasteiger partial charge in [0.15, 0.2) is 0 Å². The summed E-state index contributed by atoms with van der Waals surface area (Å²) in [5, 5.41) is 11.1. The van der Waals surface area contributed by atoms with E-state index in [-0.39, 0.29) is 33.7 Å². The van der Waals surface area contributed by atoms with E-state index < -0.39 is 15.0 Å². The number of rotatable bonds is 5. The summed E-state index contributed by atoms with van der Waals surface area (Å²) >= 11 is 0. The molecule has 0 radical (unpaired) electrons. The van der Waals surface area contributed by atoms with Gasteiger partial charge in [0.2, 0.25) is 0 Å². The Bertz CT molecular complexity index is 846. The summed E-state index contributed by atoms with van der Waals surface area (Å²) in [4.78, 5) is 10.6. The molecule has 25 heavy (non-hydrogen) atoms. The molecule has 0 bridgehead atoms. The van der Waals surface area contributed by atoms with Gasteiger partial charge >= 0.3 is 0 Å². The van der Waals surface area contributed by atoms with Crippen LogP contribution in [0.15, 0.2) is 41.3 Å². The molecule has 0 saturated carbocycles. The van der Waals surface area contributed by atoms with Crippen LogP contribution in [0, 0.1) is 30.9 Å². The van der Waals surface area contributed by atoms with Crippen molar-refractivity contribution in [2.45, 2.75) is 32.3 Å². The fraction of sp³-hybridized carbons (Fsp3) is 0.250. The molecule has 8 nitrogen and oxygen atoms in total. The summed E-state index contributed by atoms with van der Waals surface area (Å²) in [6.07, 6.45) is 0. The highest BCUT2D eigenvalue weighted by Gasteiger charge is 2.20. The molecule has 0 spiro atoms. The first-order chi connectivity index (χ1) is 10.7. The normalized spacial score (nSPS) is 10.5. The average Bonchev–Trinajstić information content (AvgIpc) is 2.48. The van der Waals surface area contributed by atoms with Gasteiger partial charge in [-0.2, -0.15) is 8.42 Å². The maximum absolute atomic E-state index is 12.2. The molecule has 0 aliphatic carbocycles. The Hall–Kier alpha value is -2.33. The van der Waals surface area contributed by atoms with Gasteiger partial charge in [0.1, 0.15) is 0 Å². The molecule has 4 N–H and O–H groups in total. The highest BCUT2D eigenvalue weighted by molar-refractivity contribution is 7.86. The molecule has 2 rings (SSSR count). The molecule has 138 valence electrons. The molecular weight excluding hydrogens is 350 g/mol. The maximum Gasteiger partial charge on any atom is 0.297 e. The highest BCUT2D eigenvalue weighted by atomic mass is 32.2. The van der Waals surface area contributed by atoms with E-state index in [4.69, 9.17) is 4.18 Å². The van der Waals surface area contributed by atoms with Crippen LogP contribution >= 0.6 is 0 Å². The summed E-state index contributed by atoms with van der Waals surface area (Å²) in [5.41, 5.74) is 2.61. The zero-order valence-electron chi connectivity index (χ0n) is 14.1. The second-order valence-electron chi connectivity index (χ2n) is 5.35. The van der Waals surface area contributed by atoms with Gasteiger partial charge in [0.25, 0.3) is 15.8 Å². The lowest BCUT2D eigenvalue weighted by Gasteiger charge is -2.09. The third kappa shape index (κ3) is 5.33. The molecule has 0 saturated heterocycles. The van der Waals surface area contributed by atoms with Crippen molar-refractivity contribution in [3.05, 3.63) is 68.8 Å². The molecule has 0 heterocycles. The fourth-order valence-electron chi connectivity index (χ4n) is 2.06. The van der Waals surface area contributed by atoms with E-state index in [2.05, 4.69) is 0 Å². The van der Waals surface area contributed by atoms with Crippen molar-refractivity contribution < 1.29 is 28.5 Å². The summed E-state index contributed by atoms with van der Waals surface area (Å²) < 4.78 is 29.3. The third-order valence-electron chi connectivity index (χ3n) is 3.57. The largest absolute Gasteiger partial charge is 0.412 e. The summed E-state index contributed by atoms with van der Waals surface area (Å²) in [7, 11) is -3.96. The maximum atomic E-state index is 12.2. The summed E-state index contributed by atoms with van der Waals surface area (Å²) in [6, 6.07) is 9.22. The predicted molar refractivity (Wildman–Crippen MR) is 93.0 cm³/mol. The van der Waals surface area contributed by atoms with Crippen LogP contribution in [0.5, 0.6) is 0 Å². The van der Waals surface area contributed by atoms with Crippen LogP contribution in [0.1, 0.15) is 22.3 Å². The number of benzene rings is 2. The van der Waals surface area contributed by atoms with E-state index in [1.165, 1.54) is 18.2 Å². The van der Waals surface area contributed by atoms with E-state index in [0.717, 1.165) is 16.7 Å². The monoisotopic (exact) mass is 371 g/mol. The minimum absolute atomic E-state index is 0. The molecule has 0 aliphatic rings. The van der Waals surface area contributed by atoms with E-state index in [9.17, 15) is 18.5 Å². The van der Waals surface area contributed by atoms with Crippen molar-refractivity contribution in [1.82, 2.24) is 0 Å². The van der Waals surface area contributed by atoms with E-state index in [0.29, 0.717) is 0 Å². The second-order valence-corrected chi connectivity index (χ2v) is 6.97. The average molecular weight is 371 g/mol. The number of aryl methyl sites for hydroxylation is 3. The van der Waals surface area contributed by atoms with Gasteiger partial charge < -0.3 is 11.0 Å². The van der Waals surface area contributed by atoms with Crippen LogP contribution in [0.2, 0.25) is 0 Å². The van der Waals surface area contributed by atoms with E-state index in [1.807, 2.05) is 6.92 Å². The Morgan fingerprint density at radius 3 is 2.04 bits per heavy atom. The standard InChI is InChI=1S/C16H17NO5S.2H2O/c1-11-4-6-15(7-5-11)23(20,21)22-10-14-8-12(2)13(3)9-16(14)17(18)19;;/h4-9H,10H2,1-3H3;2*1H2. The van der Waals surface area contributed by atoms with Gasteiger partial charge in [-0.3, -0.25) is 14.3 Å². The quantitative estimate of drug-likeness (QED) is 0.446. The van der Waals surface area contributed by atoms with Crippen molar-refractivity contribution in [2.75, 3.05) is 0 Å². The number of nitro benzene ring substituents is 1. The number of nitrogens with zero attached hydrogens (tertiary/aromatic N) is 1. The lowest BCUT2D eigenvalue weighted by atomic mass is 10.0. The summed E-state index contributed by atoms with van der Waals surface area (Å²) in [5.74, 6) is 0. The van der Waals surface area contributed by atoms with Gasteiger partial charge in [-0.25, -0.2) is 0 Å². The molecule has 2 aromatic rings. The molecule has 2 aromatic carbocycles. The van der Waals surface area contributed by atoms with E-state index in [1.54, 1.807) is 32.0 Å². The smallest absolute Gasteiger partial charge is 0.297 e. The Morgan fingerprint density at radius 2 is 1.52 bits per heavy atom. The van der Waals surface area contributed by atoms with Crippen LogP contribution in [0.4, 0.5) is 5.69 Å². The van der Waals surface area contributed by atoms with Crippen LogP contribution < -0.4 is 0 Å². The Labute approximate surface area is 146 Å². The molecular formula is C16H21NO7S. The number of hydrogen-bond acceptors (Lipinski definition) is 5. The van der Waals surface area contributed by atoms with Crippen LogP contribution in [-0.2, 0) is 20.9 Å². The molecule has 0 amide bonds. The van der Waals surface area contributed by atoms with Crippen LogP contribution in [-0.4, -0.2) is 24.3 Å². The Kier molecular flexibility index (Phi) is 7.87. The molecule has 9 heteroatoms. The first-order valence-electron chi connectivity index (χ1n) is 6.91. The Morgan fingerprint density at radius 1 is 1.00 bits per heavy atom. The van der Waals surface area contributed by atoms with Crippen LogP contribution in [0.25, 0.3) is 0 Å². The molecule has 0 fully saturated rings. The van der Waals surface area contributed by atoms with Gasteiger partial charge in [0.05, 0.1) is 22.0 Å². The van der Waals surface area contributed by atoms with Crippen molar-refractivity contribution >= 4 is 15.8 Å². The van der Waals surface area contributed by atoms with Gasteiger partial charge in [0, 0.05) is 6.07 Å². The van der Waals surface area contributed by atoms with E-state index >= 15 is 0 Å². The zero-order valence-corrected chi connectivity index (χ0v) is 14.9.